The third-order valence-electron chi connectivity index (χ3n) is 3.71. The standard InChI is InChI=1S/C15H18N2O4/c18-10-17(12-8-4-5-9-12)15(21)16-13(14(19)20)11-6-2-1-3-7-11/h1-3,6-7,10,12-13H,4-5,8-9H2,(H,16,21)(H,19,20). The van der Waals surface area contributed by atoms with Gasteiger partial charge in [0, 0.05) is 6.04 Å². The van der Waals surface area contributed by atoms with Gasteiger partial charge in [0.25, 0.3) is 0 Å². The average Bonchev–Trinajstić information content (AvgIpc) is 3.00. The monoisotopic (exact) mass is 290 g/mol. The number of carboxylic acids is 1. The number of benzene rings is 1. The predicted molar refractivity (Wildman–Crippen MR) is 75.5 cm³/mol. The number of nitrogens with zero attached hydrogens (tertiary/aromatic N) is 1. The fourth-order valence-electron chi connectivity index (χ4n) is 2.61. The van der Waals surface area contributed by atoms with Gasteiger partial charge in [-0.15, -0.1) is 0 Å². The number of nitrogens with one attached hydrogen (secondary N) is 1. The molecule has 1 aromatic carbocycles. The molecule has 1 aliphatic carbocycles. The van der Waals surface area contributed by atoms with E-state index in [1.54, 1.807) is 30.3 Å². The first-order valence-electron chi connectivity index (χ1n) is 6.95. The smallest absolute Gasteiger partial charge is 0.330 e. The zero-order valence-corrected chi connectivity index (χ0v) is 11.6. The van der Waals surface area contributed by atoms with E-state index in [0.29, 0.717) is 12.0 Å². The Morgan fingerprint density at radius 3 is 2.38 bits per heavy atom. The third-order valence-corrected chi connectivity index (χ3v) is 3.71. The first-order chi connectivity index (χ1) is 10.1. The van der Waals surface area contributed by atoms with E-state index in [1.165, 1.54) is 0 Å². The lowest BCUT2D eigenvalue weighted by Gasteiger charge is -2.25. The van der Waals surface area contributed by atoms with Gasteiger partial charge in [0.15, 0.2) is 6.04 Å². The van der Waals surface area contributed by atoms with Gasteiger partial charge in [0.2, 0.25) is 6.41 Å². The molecule has 1 aromatic rings. The van der Waals surface area contributed by atoms with Crippen molar-refractivity contribution < 1.29 is 19.5 Å². The largest absolute Gasteiger partial charge is 0.479 e. The highest BCUT2D eigenvalue weighted by Gasteiger charge is 2.30. The lowest BCUT2D eigenvalue weighted by molar-refractivity contribution is -0.139. The second-order valence-electron chi connectivity index (χ2n) is 5.08. The SMILES string of the molecule is O=CN(C(=O)NC(C(=O)O)c1ccccc1)C1CCCC1. The van der Waals surface area contributed by atoms with Crippen molar-refractivity contribution in [1.82, 2.24) is 10.2 Å². The minimum absolute atomic E-state index is 0.132. The third kappa shape index (κ3) is 3.59. The van der Waals surface area contributed by atoms with E-state index in [1.807, 2.05) is 0 Å². The van der Waals surface area contributed by atoms with Gasteiger partial charge in [0.05, 0.1) is 0 Å². The molecule has 1 aliphatic rings. The minimum Gasteiger partial charge on any atom is -0.479 e. The Balaban J connectivity index is 2.10. The van der Waals surface area contributed by atoms with Crippen LogP contribution in [-0.4, -0.2) is 34.5 Å². The first-order valence-corrected chi connectivity index (χ1v) is 6.95. The molecule has 1 atom stereocenters. The number of aliphatic carboxylic acids is 1. The van der Waals surface area contributed by atoms with Gasteiger partial charge in [-0.3, -0.25) is 9.69 Å². The van der Waals surface area contributed by atoms with E-state index in [4.69, 9.17) is 0 Å². The molecule has 0 aromatic heterocycles. The van der Waals surface area contributed by atoms with Crippen molar-refractivity contribution in [2.24, 2.45) is 0 Å². The molecule has 21 heavy (non-hydrogen) atoms. The van der Waals surface area contributed by atoms with Crippen LogP contribution in [-0.2, 0) is 9.59 Å². The summed E-state index contributed by atoms with van der Waals surface area (Å²) in [6.45, 7) is 0. The van der Waals surface area contributed by atoms with E-state index in [0.717, 1.165) is 30.6 Å². The normalized spacial score (nSPS) is 16.2. The van der Waals surface area contributed by atoms with E-state index >= 15 is 0 Å². The molecule has 1 fully saturated rings. The van der Waals surface area contributed by atoms with Crippen LogP contribution in [0, 0.1) is 0 Å². The molecule has 0 bridgehead atoms. The molecule has 2 rings (SSSR count). The van der Waals surface area contributed by atoms with Gasteiger partial charge >= 0.3 is 12.0 Å². The topological polar surface area (TPSA) is 86.7 Å². The molecular weight excluding hydrogens is 272 g/mol. The lowest BCUT2D eigenvalue weighted by Crippen LogP contribution is -2.47. The van der Waals surface area contributed by atoms with Crippen molar-refractivity contribution in [2.45, 2.75) is 37.8 Å². The summed E-state index contributed by atoms with van der Waals surface area (Å²) >= 11 is 0. The number of rotatable bonds is 5. The van der Waals surface area contributed by atoms with Crippen LogP contribution in [0.4, 0.5) is 4.79 Å². The lowest BCUT2D eigenvalue weighted by atomic mass is 10.1. The molecule has 0 saturated heterocycles. The molecule has 0 spiro atoms. The molecular formula is C15H18N2O4. The van der Waals surface area contributed by atoms with Gasteiger partial charge in [0.1, 0.15) is 0 Å². The Bertz CT molecular complexity index is 512. The molecule has 6 nitrogen and oxygen atoms in total. The second-order valence-corrected chi connectivity index (χ2v) is 5.08. The van der Waals surface area contributed by atoms with Gasteiger partial charge < -0.3 is 10.4 Å². The van der Waals surface area contributed by atoms with Crippen LogP contribution in [0.2, 0.25) is 0 Å². The second kappa shape index (κ2) is 6.88. The number of imide groups is 1. The maximum atomic E-state index is 12.2. The Labute approximate surface area is 122 Å². The summed E-state index contributed by atoms with van der Waals surface area (Å²) in [7, 11) is 0. The fraction of sp³-hybridized carbons (Fsp3) is 0.400. The number of carbonyl (C=O) groups excluding carboxylic acids is 2. The molecule has 1 saturated carbocycles. The number of hydrogen-bond donors (Lipinski definition) is 2. The molecule has 0 heterocycles. The number of urea groups is 1. The van der Waals surface area contributed by atoms with Crippen LogP contribution in [0.5, 0.6) is 0 Å². The summed E-state index contributed by atoms with van der Waals surface area (Å²) in [6.07, 6.45) is 3.98. The maximum Gasteiger partial charge on any atom is 0.330 e. The Kier molecular flexibility index (Phi) is 4.92. The molecule has 2 N–H and O–H groups in total. The minimum atomic E-state index is -1.16. The van der Waals surface area contributed by atoms with Gasteiger partial charge in [-0.25, -0.2) is 9.59 Å². The van der Waals surface area contributed by atoms with Crippen molar-refractivity contribution in [1.29, 1.82) is 0 Å². The highest BCUT2D eigenvalue weighted by atomic mass is 16.4. The zero-order chi connectivity index (χ0) is 15.2. The molecule has 0 radical (unpaired) electrons. The van der Waals surface area contributed by atoms with Crippen molar-refractivity contribution in [3.63, 3.8) is 0 Å². The van der Waals surface area contributed by atoms with Gasteiger partial charge in [-0.1, -0.05) is 43.2 Å². The summed E-state index contributed by atoms with van der Waals surface area (Å²) in [5.74, 6) is -1.16. The highest BCUT2D eigenvalue weighted by molar-refractivity contribution is 5.89. The Morgan fingerprint density at radius 2 is 1.86 bits per heavy atom. The van der Waals surface area contributed by atoms with Crippen LogP contribution in [0.25, 0.3) is 0 Å². The molecule has 112 valence electrons. The zero-order valence-electron chi connectivity index (χ0n) is 11.6. The number of hydrogen-bond acceptors (Lipinski definition) is 3. The van der Waals surface area contributed by atoms with E-state index < -0.39 is 18.0 Å². The molecule has 6 heteroatoms. The summed E-state index contributed by atoms with van der Waals surface area (Å²) in [5.41, 5.74) is 0.468. The quantitative estimate of drug-likeness (QED) is 0.811. The fourth-order valence-corrected chi connectivity index (χ4v) is 2.61. The highest BCUT2D eigenvalue weighted by Crippen LogP contribution is 2.23. The van der Waals surface area contributed by atoms with Crippen LogP contribution in [0.1, 0.15) is 37.3 Å². The summed E-state index contributed by atoms with van der Waals surface area (Å²) < 4.78 is 0. The predicted octanol–water partition coefficient (Wildman–Crippen LogP) is 1.92. The number of amides is 3. The molecule has 1 unspecified atom stereocenters. The summed E-state index contributed by atoms with van der Waals surface area (Å²) in [4.78, 5) is 35.7. The summed E-state index contributed by atoms with van der Waals surface area (Å²) in [5, 5.41) is 11.7. The van der Waals surface area contributed by atoms with Crippen molar-refractivity contribution >= 4 is 18.4 Å². The van der Waals surface area contributed by atoms with E-state index in [-0.39, 0.29) is 6.04 Å². The number of carboxylic acid groups (broad SMARTS) is 1. The Morgan fingerprint density at radius 1 is 1.24 bits per heavy atom. The van der Waals surface area contributed by atoms with Crippen molar-refractivity contribution in [3.8, 4) is 0 Å². The van der Waals surface area contributed by atoms with Crippen LogP contribution < -0.4 is 5.32 Å². The first kappa shape index (κ1) is 15.0. The maximum absolute atomic E-state index is 12.2. The molecule has 3 amide bonds. The summed E-state index contributed by atoms with van der Waals surface area (Å²) in [6, 6.07) is 6.46. The van der Waals surface area contributed by atoms with Gasteiger partial charge in [-0.05, 0) is 18.4 Å². The van der Waals surface area contributed by atoms with E-state index in [9.17, 15) is 19.5 Å². The van der Waals surface area contributed by atoms with E-state index in [2.05, 4.69) is 5.32 Å². The Hall–Kier alpha value is -2.37. The van der Waals surface area contributed by atoms with Crippen LogP contribution in [0.15, 0.2) is 30.3 Å². The van der Waals surface area contributed by atoms with Crippen molar-refractivity contribution in [2.75, 3.05) is 0 Å². The molecule has 0 aliphatic heterocycles. The van der Waals surface area contributed by atoms with Crippen LogP contribution >= 0.6 is 0 Å². The van der Waals surface area contributed by atoms with Crippen LogP contribution in [0.3, 0.4) is 0 Å². The van der Waals surface area contributed by atoms with Gasteiger partial charge in [-0.2, -0.15) is 0 Å². The average molecular weight is 290 g/mol. The van der Waals surface area contributed by atoms with Crippen molar-refractivity contribution in [3.05, 3.63) is 35.9 Å². The number of carbonyl (C=O) groups is 3.